The summed E-state index contributed by atoms with van der Waals surface area (Å²) >= 11 is 0. The van der Waals surface area contributed by atoms with Crippen molar-refractivity contribution in [3.8, 4) is 0 Å². The van der Waals surface area contributed by atoms with Crippen LogP contribution in [0.2, 0.25) is 0 Å². The van der Waals surface area contributed by atoms with E-state index in [4.69, 9.17) is 0 Å². The van der Waals surface area contributed by atoms with Gasteiger partial charge in [0.25, 0.3) is 0 Å². The van der Waals surface area contributed by atoms with E-state index in [1.807, 2.05) is 0 Å². The zero-order valence-electron chi connectivity index (χ0n) is 10.2. The molecule has 16 heavy (non-hydrogen) atoms. The van der Waals surface area contributed by atoms with Crippen LogP contribution in [0.15, 0.2) is 6.20 Å². The van der Waals surface area contributed by atoms with Crippen molar-refractivity contribution in [2.45, 2.75) is 46.5 Å². The molecule has 86 valence electrons. The van der Waals surface area contributed by atoms with Gasteiger partial charge in [0.15, 0.2) is 5.78 Å². The predicted octanol–water partition coefficient (Wildman–Crippen LogP) is 2.58. The molecule has 1 aliphatic carbocycles. The number of aryl methyl sites for hydroxylation is 1. The van der Waals surface area contributed by atoms with Gasteiger partial charge >= 0.3 is 0 Å². The molecule has 0 spiro atoms. The second-order valence-corrected chi connectivity index (χ2v) is 5.66. The molecule has 1 aromatic rings. The number of nitrogens with zero attached hydrogens (tertiary/aromatic N) is 2. The fraction of sp³-hybridized carbons (Fsp3) is 0.615. The van der Waals surface area contributed by atoms with E-state index in [-0.39, 0.29) is 11.2 Å². The van der Waals surface area contributed by atoms with Crippen LogP contribution in [0.25, 0.3) is 0 Å². The molecule has 0 saturated heterocycles. The maximum Gasteiger partial charge on any atom is 0.166 e. The average molecular weight is 218 g/mol. The molecule has 2 rings (SSSR count). The minimum absolute atomic E-state index is 0.187. The van der Waals surface area contributed by atoms with Crippen LogP contribution in [0, 0.1) is 5.41 Å². The Bertz CT molecular complexity index is 418. The van der Waals surface area contributed by atoms with Crippen molar-refractivity contribution in [3.63, 3.8) is 0 Å². The number of ketones is 1. The minimum atomic E-state index is 0.187. The number of aromatic nitrogens is 2. The van der Waals surface area contributed by atoms with Gasteiger partial charge in [0.05, 0.1) is 11.3 Å². The molecule has 0 saturated carbocycles. The van der Waals surface area contributed by atoms with Crippen LogP contribution in [0.1, 0.15) is 55.5 Å². The molecule has 0 amide bonds. The van der Waals surface area contributed by atoms with E-state index >= 15 is 0 Å². The second-order valence-electron chi connectivity index (χ2n) is 5.66. The van der Waals surface area contributed by atoms with Crippen LogP contribution < -0.4 is 0 Å². The Balaban J connectivity index is 2.29. The molecule has 0 aromatic carbocycles. The smallest absolute Gasteiger partial charge is 0.166 e. The molecule has 0 unspecified atom stereocenters. The van der Waals surface area contributed by atoms with E-state index in [0.29, 0.717) is 6.42 Å². The third kappa shape index (κ3) is 2.46. The maximum absolute atomic E-state index is 11.6. The number of hydrogen-bond donors (Lipinski definition) is 0. The summed E-state index contributed by atoms with van der Waals surface area (Å²) in [6.45, 7) is 6.50. The van der Waals surface area contributed by atoms with Gasteiger partial charge in [-0.3, -0.25) is 4.79 Å². The molecule has 1 heterocycles. The molecule has 3 nitrogen and oxygen atoms in total. The highest BCUT2D eigenvalue weighted by Crippen LogP contribution is 2.22. The highest BCUT2D eigenvalue weighted by molar-refractivity contribution is 5.97. The van der Waals surface area contributed by atoms with Gasteiger partial charge in [0, 0.05) is 19.0 Å². The first kappa shape index (κ1) is 11.2. The number of carbonyl (C=O) groups is 1. The maximum atomic E-state index is 11.6. The fourth-order valence-corrected chi connectivity index (χ4v) is 1.99. The van der Waals surface area contributed by atoms with E-state index in [0.717, 1.165) is 36.3 Å². The largest absolute Gasteiger partial charge is 0.294 e. The second kappa shape index (κ2) is 3.96. The first-order valence-electron chi connectivity index (χ1n) is 5.84. The highest BCUT2D eigenvalue weighted by atomic mass is 16.1. The first-order valence-corrected chi connectivity index (χ1v) is 5.84. The highest BCUT2D eigenvalue weighted by Gasteiger charge is 2.20. The van der Waals surface area contributed by atoms with E-state index in [9.17, 15) is 4.79 Å². The lowest BCUT2D eigenvalue weighted by molar-refractivity contribution is 0.0971. The van der Waals surface area contributed by atoms with E-state index < -0.39 is 0 Å². The van der Waals surface area contributed by atoms with E-state index in [1.165, 1.54) is 0 Å². The number of hydrogen-bond acceptors (Lipinski definition) is 3. The molecule has 0 radical (unpaired) electrons. The van der Waals surface area contributed by atoms with E-state index in [1.54, 1.807) is 6.20 Å². The van der Waals surface area contributed by atoms with Gasteiger partial charge in [-0.25, -0.2) is 9.97 Å². The van der Waals surface area contributed by atoms with Gasteiger partial charge < -0.3 is 0 Å². The normalized spacial score (nSPS) is 16.1. The van der Waals surface area contributed by atoms with Crippen molar-refractivity contribution >= 4 is 5.78 Å². The summed E-state index contributed by atoms with van der Waals surface area (Å²) in [5.41, 5.74) is 1.88. The minimum Gasteiger partial charge on any atom is -0.294 e. The number of Topliss-reactive ketones (excluding diaryl/α,β-unsaturated/α-hetero) is 1. The number of fused-ring (bicyclic) bond motifs is 1. The van der Waals surface area contributed by atoms with E-state index in [2.05, 4.69) is 30.7 Å². The van der Waals surface area contributed by atoms with Crippen molar-refractivity contribution in [2.24, 2.45) is 5.41 Å². The zero-order chi connectivity index (χ0) is 11.8. The van der Waals surface area contributed by atoms with Gasteiger partial charge in [0.2, 0.25) is 0 Å². The van der Waals surface area contributed by atoms with Gasteiger partial charge in [-0.15, -0.1) is 0 Å². The van der Waals surface area contributed by atoms with Crippen molar-refractivity contribution in [1.29, 1.82) is 0 Å². The molecule has 3 heteroatoms. The number of rotatable bonds is 1. The Labute approximate surface area is 96.3 Å². The van der Waals surface area contributed by atoms with Crippen LogP contribution in [-0.4, -0.2) is 15.8 Å². The quantitative estimate of drug-likeness (QED) is 0.727. The Morgan fingerprint density at radius 3 is 2.75 bits per heavy atom. The Morgan fingerprint density at radius 2 is 2.06 bits per heavy atom. The van der Waals surface area contributed by atoms with Crippen LogP contribution in [0.3, 0.4) is 0 Å². The SMILES string of the molecule is CC(C)(C)Cc1ncc2c(n1)CCCC2=O. The average Bonchev–Trinajstić information content (AvgIpc) is 2.15. The van der Waals surface area contributed by atoms with Crippen molar-refractivity contribution < 1.29 is 4.79 Å². The summed E-state index contributed by atoms with van der Waals surface area (Å²) < 4.78 is 0. The molecule has 1 aliphatic rings. The lowest BCUT2D eigenvalue weighted by Gasteiger charge is -2.19. The first-order chi connectivity index (χ1) is 7.46. The zero-order valence-corrected chi connectivity index (χ0v) is 10.2. The van der Waals surface area contributed by atoms with Crippen molar-refractivity contribution in [2.75, 3.05) is 0 Å². The third-order valence-corrected chi connectivity index (χ3v) is 2.72. The summed E-state index contributed by atoms with van der Waals surface area (Å²) in [7, 11) is 0. The van der Waals surface area contributed by atoms with Crippen LogP contribution in [0.4, 0.5) is 0 Å². The van der Waals surface area contributed by atoms with Crippen molar-refractivity contribution in [1.82, 2.24) is 9.97 Å². The standard InChI is InChI=1S/C13H18N2O/c1-13(2,3)7-12-14-8-9-10(15-12)5-4-6-11(9)16/h8H,4-7H2,1-3H3. The fourth-order valence-electron chi connectivity index (χ4n) is 1.99. The number of carbonyl (C=O) groups excluding carboxylic acids is 1. The molecule has 0 aliphatic heterocycles. The van der Waals surface area contributed by atoms with Crippen LogP contribution >= 0.6 is 0 Å². The summed E-state index contributed by atoms with van der Waals surface area (Å²) in [6.07, 6.45) is 5.06. The summed E-state index contributed by atoms with van der Waals surface area (Å²) in [5, 5.41) is 0. The molecular formula is C13H18N2O. The lowest BCUT2D eigenvalue weighted by Crippen LogP contribution is -2.17. The Hall–Kier alpha value is -1.25. The molecular weight excluding hydrogens is 200 g/mol. The monoisotopic (exact) mass is 218 g/mol. The van der Waals surface area contributed by atoms with Gasteiger partial charge in [-0.1, -0.05) is 20.8 Å². The van der Waals surface area contributed by atoms with Crippen molar-refractivity contribution in [3.05, 3.63) is 23.3 Å². The molecule has 1 aromatic heterocycles. The van der Waals surface area contributed by atoms with Gasteiger partial charge in [-0.05, 0) is 18.3 Å². The topological polar surface area (TPSA) is 42.9 Å². The molecule has 0 N–H and O–H groups in total. The lowest BCUT2D eigenvalue weighted by atomic mass is 9.91. The Morgan fingerprint density at radius 1 is 1.31 bits per heavy atom. The predicted molar refractivity (Wildman–Crippen MR) is 62.5 cm³/mol. The van der Waals surface area contributed by atoms with Crippen LogP contribution in [0.5, 0.6) is 0 Å². The van der Waals surface area contributed by atoms with Gasteiger partial charge in [-0.2, -0.15) is 0 Å². The molecule has 0 fully saturated rings. The third-order valence-electron chi connectivity index (χ3n) is 2.72. The van der Waals surface area contributed by atoms with Gasteiger partial charge in [0.1, 0.15) is 5.82 Å². The Kier molecular flexibility index (Phi) is 2.78. The van der Waals surface area contributed by atoms with Crippen LogP contribution in [-0.2, 0) is 12.8 Å². The molecule has 0 atom stereocenters. The summed E-state index contributed by atoms with van der Waals surface area (Å²) in [5.74, 6) is 1.06. The molecule has 0 bridgehead atoms. The summed E-state index contributed by atoms with van der Waals surface area (Å²) in [4.78, 5) is 20.4. The summed E-state index contributed by atoms with van der Waals surface area (Å²) in [6, 6.07) is 0.